The molecular formula is C7H16N4O6. The monoisotopic (exact) mass is 252 g/mol. The van der Waals surface area contributed by atoms with Gasteiger partial charge in [0, 0.05) is 12.6 Å². The molecule has 3 saturated heterocycles. The molecule has 1 atom stereocenters. The van der Waals surface area contributed by atoms with Gasteiger partial charge >= 0.3 is 0 Å². The van der Waals surface area contributed by atoms with E-state index in [1.54, 1.807) is 0 Å². The van der Waals surface area contributed by atoms with Crippen molar-refractivity contribution in [2.24, 2.45) is 11.7 Å². The number of rotatable bonds is 0. The van der Waals surface area contributed by atoms with Gasteiger partial charge in [-0.2, -0.15) is 0 Å². The standard InChI is InChI=1S/C7H14N2.2HNO3/c8-7-5-9-3-1-6(7)2-4-9;2*2-1(3)4/h6-7H,1-5,8H2;2*(H,2,3,4)/t7-;;/m0../s1. The summed E-state index contributed by atoms with van der Waals surface area (Å²) in [5.41, 5.74) is 5.88. The smallest absolute Gasteiger partial charge is 0.291 e. The number of hydrogen-bond donors (Lipinski definition) is 3. The third kappa shape index (κ3) is 8.16. The fourth-order valence-corrected chi connectivity index (χ4v) is 2.01. The van der Waals surface area contributed by atoms with E-state index in [1.807, 2.05) is 0 Å². The summed E-state index contributed by atoms with van der Waals surface area (Å²) in [5.74, 6) is 0.856. The minimum atomic E-state index is -1.50. The van der Waals surface area contributed by atoms with Crippen molar-refractivity contribution >= 4 is 0 Å². The van der Waals surface area contributed by atoms with Crippen LogP contribution in [-0.2, 0) is 0 Å². The maximum Gasteiger partial charge on any atom is 0.291 e. The minimum Gasteiger partial charge on any atom is -0.328 e. The summed E-state index contributed by atoms with van der Waals surface area (Å²) < 4.78 is 0. The first-order valence-corrected chi connectivity index (χ1v) is 4.97. The zero-order chi connectivity index (χ0) is 13.4. The van der Waals surface area contributed by atoms with Crippen molar-refractivity contribution in [1.82, 2.24) is 4.90 Å². The Hall–Kier alpha value is -1.68. The Morgan fingerprint density at radius 3 is 1.59 bits per heavy atom. The Morgan fingerprint density at radius 2 is 1.47 bits per heavy atom. The van der Waals surface area contributed by atoms with E-state index in [2.05, 4.69) is 4.90 Å². The molecule has 0 amide bonds. The van der Waals surface area contributed by atoms with Crippen molar-refractivity contribution in [3.63, 3.8) is 0 Å². The summed E-state index contributed by atoms with van der Waals surface area (Å²) in [6, 6.07) is 0.493. The van der Waals surface area contributed by atoms with Gasteiger partial charge in [0.15, 0.2) is 0 Å². The lowest BCUT2D eigenvalue weighted by molar-refractivity contribution is -0.742. The highest BCUT2D eigenvalue weighted by Crippen LogP contribution is 2.25. The van der Waals surface area contributed by atoms with Gasteiger partial charge in [0.25, 0.3) is 10.2 Å². The van der Waals surface area contributed by atoms with Crippen molar-refractivity contribution < 1.29 is 20.6 Å². The lowest BCUT2D eigenvalue weighted by Gasteiger charge is -2.43. The van der Waals surface area contributed by atoms with Crippen molar-refractivity contribution in [2.75, 3.05) is 19.6 Å². The largest absolute Gasteiger partial charge is 0.328 e. The molecule has 0 unspecified atom stereocenters. The van der Waals surface area contributed by atoms with Crippen LogP contribution in [0.1, 0.15) is 12.8 Å². The SMILES string of the molecule is N[C@H]1CN2CCC1CC2.O=[N+]([O-])O.O=[N+]([O-])O. The number of nitrogens with two attached hydrogens (primary N) is 1. The Balaban J connectivity index is 0.000000274. The highest BCUT2D eigenvalue weighted by Gasteiger charge is 2.31. The van der Waals surface area contributed by atoms with Crippen LogP contribution in [0.5, 0.6) is 0 Å². The molecule has 0 aliphatic carbocycles. The molecule has 3 aliphatic rings. The van der Waals surface area contributed by atoms with Crippen molar-refractivity contribution in [3.8, 4) is 0 Å². The molecule has 10 nitrogen and oxygen atoms in total. The third-order valence-corrected chi connectivity index (χ3v) is 2.71. The minimum absolute atomic E-state index is 0.493. The molecule has 0 aromatic rings. The van der Waals surface area contributed by atoms with E-state index in [-0.39, 0.29) is 0 Å². The lowest BCUT2D eigenvalue weighted by Crippen LogP contribution is -2.54. The van der Waals surface area contributed by atoms with Gasteiger partial charge < -0.3 is 21.0 Å². The Kier molecular flexibility index (Phi) is 6.82. The van der Waals surface area contributed by atoms with Gasteiger partial charge in [-0.05, 0) is 31.8 Å². The second-order valence-electron chi connectivity index (χ2n) is 3.78. The molecule has 100 valence electrons. The number of hydrogen-bond acceptors (Lipinski definition) is 6. The van der Waals surface area contributed by atoms with Crippen LogP contribution >= 0.6 is 0 Å². The van der Waals surface area contributed by atoms with Crippen LogP contribution in [0.2, 0.25) is 0 Å². The van der Waals surface area contributed by atoms with E-state index < -0.39 is 10.2 Å². The van der Waals surface area contributed by atoms with Crippen molar-refractivity contribution in [2.45, 2.75) is 18.9 Å². The predicted octanol–water partition coefficient (Wildman–Crippen LogP) is -0.656. The Labute approximate surface area is 96.8 Å². The molecule has 0 aromatic heterocycles. The maximum absolute atomic E-state index is 8.36. The van der Waals surface area contributed by atoms with E-state index in [4.69, 9.17) is 36.4 Å². The molecule has 0 radical (unpaired) electrons. The molecule has 17 heavy (non-hydrogen) atoms. The molecular weight excluding hydrogens is 236 g/mol. The highest BCUT2D eigenvalue weighted by molar-refractivity contribution is 4.88. The first-order valence-electron chi connectivity index (χ1n) is 4.97. The molecule has 3 fully saturated rings. The average molecular weight is 252 g/mol. The summed E-state index contributed by atoms with van der Waals surface area (Å²) in [5, 5.41) is 27.3. The highest BCUT2D eigenvalue weighted by atomic mass is 16.9. The molecule has 10 heteroatoms. The van der Waals surface area contributed by atoms with Gasteiger partial charge in [0.05, 0.1) is 0 Å². The Morgan fingerprint density at radius 1 is 1.12 bits per heavy atom. The van der Waals surface area contributed by atoms with Crippen LogP contribution in [0.25, 0.3) is 0 Å². The molecule has 0 saturated carbocycles. The second kappa shape index (κ2) is 7.57. The van der Waals surface area contributed by atoms with E-state index in [9.17, 15) is 0 Å². The molecule has 0 spiro atoms. The van der Waals surface area contributed by atoms with Crippen molar-refractivity contribution in [3.05, 3.63) is 20.2 Å². The first kappa shape index (κ1) is 15.3. The van der Waals surface area contributed by atoms with Crippen LogP contribution in [-0.4, -0.2) is 51.2 Å². The summed E-state index contributed by atoms with van der Waals surface area (Å²) in [4.78, 5) is 19.2. The fourth-order valence-electron chi connectivity index (χ4n) is 2.01. The van der Waals surface area contributed by atoms with Crippen LogP contribution in [0, 0.1) is 26.1 Å². The lowest BCUT2D eigenvalue weighted by atomic mass is 9.85. The summed E-state index contributed by atoms with van der Waals surface area (Å²) >= 11 is 0. The zero-order valence-electron chi connectivity index (χ0n) is 9.14. The van der Waals surface area contributed by atoms with E-state index in [0.29, 0.717) is 6.04 Å². The molecule has 3 rings (SSSR count). The molecule has 3 aliphatic heterocycles. The van der Waals surface area contributed by atoms with Gasteiger partial charge in [-0.3, -0.25) is 0 Å². The van der Waals surface area contributed by atoms with E-state index in [1.165, 1.54) is 25.9 Å². The van der Waals surface area contributed by atoms with Crippen LogP contribution < -0.4 is 5.73 Å². The Bertz CT molecular complexity index is 235. The summed E-state index contributed by atoms with van der Waals surface area (Å²) in [6.45, 7) is 3.77. The van der Waals surface area contributed by atoms with Crippen LogP contribution in [0.3, 0.4) is 0 Å². The van der Waals surface area contributed by atoms with Gasteiger partial charge in [-0.15, -0.1) is 20.2 Å². The van der Waals surface area contributed by atoms with Gasteiger partial charge in [0.2, 0.25) is 0 Å². The fraction of sp³-hybridized carbons (Fsp3) is 1.00. The molecule has 4 N–H and O–H groups in total. The van der Waals surface area contributed by atoms with Crippen LogP contribution in [0.15, 0.2) is 0 Å². The number of piperidine rings is 3. The maximum atomic E-state index is 8.36. The molecule has 3 heterocycles. The van der Waals surface area contributed by atoms with Gasteiger partial charge in [-0.25, -0.2) is 0 Å². The van der Waals surface area contributed by atoms with Crippen molar-refractivity contribution in [1.29, 1.82) is 0 Å². The molecule has 2 bridgehead atoms. The second-order valence-corrected chi connectivity index (χ2v) is 3.78. The average Bonchev–Trinajstić information content (AvgIpc) is 2.17. The first-order chi connectivity index (χ1) is 7.82. The van der Waals surface area contributed by atoms with E-state index >= 15 is 0 Å². The van der Waals surface area contributed by atoms with Gasteiger partial charge in [0.1, 0.15) is 0 Å². The quantitative estimate of drug-likeness (QED) is 0.379. The van der Waals surface area contributed by atoms with E-state index in [0.717, 1.165) is 12.5 Å². The molecule has 0 aromatic carbocycles. The summed E-state index contributed by atoms with van der Waals surface area (Å²) in [7, 11) is 0. The number of fused-ring (bicyclic) bond motifs is 3. The summed E-state index contributed by atoms with van der Waals surface area (Å²) in [6.07, 6.45) is 2.70. The zero-order valence-corrected chi connectivity index (χ0v) is 9.14. The number of nitrogens with zero attached hydrogens (tertiary/aromatic N) is 3. The van der Waals surface area contributed by atoms with Gasteiger partial charge in [-0.1, -0.05) is 0 Å². The normalized spacial score (nSPS) is 29.1. The topological polar surface area (TPSA) is 156 Å². The van der Waals surface area contributed by atoms with Crippen LogP contribution in [0.4, 0.5) is 0 Å². The third-order valence-electron chi connectivity index (χ3n) is 2.71. The predicted molar refractivity (Wildman–Crippen MR) is 54.7 cm³/mol.